The molecule has 7 heteroatoms. The maximum absolute atomic E-state index is 11.4. The highest BCUT2D eigenvalue weighted by molar-refractivity contribution is 9.10. The summed E-state index contributed by atoms with van der Waals surface area (Å²) in [4.78, 5) is 33.0. The van der Waals surface area contributed by atoms with Gasteiger partial charge in [-0.1, -0.05) is 0 Å². The average Bonchev–Trinajstić information content (AvgIpc) is 2.23. The first-order chi connectivity index (χ1) is 7.99. The molecular formula is C10H11BrN2O4. The van der Waals surface area contributed by atoms with E-state index in [2.05, 4.69) is 21.2 Å². The molecule has 0 atom stereocenters. The van der Waals surface area contributed by atoms with Crippen molar-refractivity contribution in [2.75, 3.05) is 6.54 Å². The van der Waals surface area contributed by atoms with Crippen molar-refractivity contribution in [3.8, 4) is 0 Å². The number of halogens is 1. The topological polar surface area (TPSA) is 88.4 Å². The van der Waals surface area contributed by atoms with Gasteiger partial charge in [0, 0.05) is 23.3 Å². The molecule has 1 aromatic rings. The summed E-state index contributed by atoms with van der Waals surface area (Å²) < 4.78 is 1.93. The van der Waals surface area contributed by atoms with E-state index in [0.29, 0.717) is 4.47 Å². The maximum atomic E-state index is 11.4. The Labute approximate surface area is 105 Å². The van der Waals surface area contributed by atoms with Crippen LogP contribution in [-0.2, 0) is 16.1 Å². The van der Waals surface area contributed by atoms with Gasteiger partial charge in [0.05, 0.1) is 6.42 Å². The molecule has 0 radical (unpaired) electrons. The van der Waals surface area contributed by atoms with E-state index in [1.54, 1.807) is 6.07 Å². The minimum atomic E-state index is -0.982. The summed E-state index contributed by atoms with van der Waals surface area (Å²) in [6.07, 6.45) is 1.36. The predicted octanol–water partition coefficient (Wildman–Crippen LogP) is 0.202. The summed E-state index contributed by atoms with van der Waals surface area (Å²) in [6.45, 7) is -0.0746. The molecule has 1 amide bonds. The lowest BCUT2D eigenvalue weighted by Crippen LogP contribution is -2.33. The van der Waals surface area contributed by atoms with Crippen molar-refractivity contribution in [1.82, 2.24) is 9.88 Å². The number of nitrogens with one attached hydrogen (secondary N) is 1. The number of hydrogen-bond donors (Lipinski definition) is 2. The molecule has 0 aromatic carbocycles. The van der Waals surface area contributed by atoms with Gasteiger partial charge < -0.3 is 15.0 Å². The Bertz CT molecular complexity index is 483. The molecule has 0 fully saturated rings. The molecule has 0 bridgehead atoms. The van der Waals surface area contributed by atoms with Gasteiger partial charge in [-0.05, 0) is 22.0 Å². The van der Waals surface area contributed by atoms with Crippen molar-refractivity contribution in [1.29, 1.82) is 0 Å². The van der Waals surface area contributed by atoms with Gasteiger partial charge in [0.25, 0.3) is 5.56 Å². The monoisotopic (exact) mass is 302 g/mol. The quantitative estimate of drug-likeness (QED) is 0.813. The summed E-state index contributed by atoms with van der Waals surface area (Å²) in [6, 6.07) is 2.93. The summed E-state index contributed by atoms with van der Waals surface area (Å²) >= 11 is 3.19. The highest BCUT2D eigenvalue weighted by Gasteiger charge is 2.05. The lowest BCUT2D eigenvalue weighted by atomic mass is 10.4. The minimum absolute atomic E-state index is 0.0525. The molecule has 0 aliphatic rings. The second-order valence-electron chi connectivity index (χ2n) is 3.31. The highest BCUT2D eigenvalue weighted by Crippen LogP contribution is 2.04. The van der Waals surface area contributed by atoms with Gasteiger partial charge in [-0.2, -0.15) is 0 Å². The Morgan fingerprint density at radius 3 is 2.76 bits per heavy atom. The molecule has 0 saturated carbocycles. The molecule has 0 unspecified atom stereocenters. The van der Waals surface area contributed by atoms with Crippen molar-refractivity contribution in [3.63, 3.8) is 0 Å². The molecule has 92 valence electrons. The third-order valence-corrected chi connectivity index (χ3v) is 2.39. The lowest BCUT2D eigenvalue weighted by molar-refractivity contribution is -0.136. The highest BCUT2D eigenvalue weighted by atomic mass is 79.9. The molecule has 0 aliphatic carbocycles. The van der Waals surface area contributed by atoms with E-state index in [-0.39, 0.29) is 25.1 Å². The number of carboxylic acids is 1. The maximum Gasteiger partial charge on any atom is 0.305 e. The van der Waals surface area contributed by atoms with Gasteiger partial charge in [-0.3, -0.25) is 14.4 Å². The van der Waals surface area contributed by atoms with Crippen molar-refractivity contribution in [3.05, 3.63) is 33.2 Å². The van der Waals surface area contributed by atoms with Crippen molar-refractivity contribution in [2.45, 2.75) is 13.0 Å². The Hall–Kier alpha value is -1.63. The first kappa shape index (κ1) is 13.4. The van der Waals surface area contributed by atoms with Crippen LogP contribution in [0, 0.1) is 0 Å². The van der Waals surface area contributed by atoms with Crippen LogP contribution in [0.2, 0.25) is 0 Å². The molecule has 0 aliphatic heterocycles. The van der Waals surface area contributed by atoms with Crippen LogP contribution in [0.15, 0.2) is 27.6 Å². The number of hydrogen-bond acceptors (Lipinski definition) is 3. The van der Waals surface area contributed by atoms with E-state index in [0.717, 1.165) is 0 Å². The summed E-state index contributed by atoms with van der Waals surface area (Å²) in [5, 5.41) is 10.8. The zero-order chi connectivity index (χ0) is 12.8. The fourth-order valence-electron chi connectivity index (χ4n) is 1.15. The van der Waals surface area contributed by atoms with Crippen molar-refractivity contribution < 1.29 is 14.7 Å². The molecule has 17 heavy (non-hydrogen) atoms. The van der Waals surface area contributed by atoms with Gasteiger partial charge in [0.2, 0.25) is 5.91 Å². The zero-order valence-electron chi connectivity index (χ0n) is 8.85. The van der Waals surface area contributed by atoms with Crippen molar-refractivity contribution in [2.24, 2.45) is 0 Å². The number of rotatable bonds is 5. The van der Waals surface area contributed by atoms with Gasteiger partial charge in [0.1, 0.15) is 6.54 Å². The van der Waals surface area contributed by atoms with Crippen LogP contribution in [0.3, 0.4) is 0 Å². The summed E-state index contributed by atoms with van der Waals surface area (Å²) in [7, 11) is 0. The van der Waals surface area contributed by atoms with Crippen LogP contribution in [0.5, 0.6) is 0 Å². The molecular weight excluding hydrogens is 292 g/mol. The first-order valence-electron chi connectivity index (χ1n) is 4.83. The van der Waals surface area contributed by atoms with Crippen LogP contribution in [0.25, 0.3) is 0 Å². The Balaban J connectivity index is 2.53. The van der Waals surface area contributed by atoms with Gasteiger partial charge >= 0.3 is 5.97 Å². The van der Waals surface area contributed by atoms with Gasteiger partial charge in [-0.15, -0.1) is 0 Å². The van der Waals surface area contributed by atoms with Gasteiger partial charge in [-0.25, -0.2) is 0 Å². The molecule has 1 heterocycles. The SMILES string of the molecule is O=C(O)CCNC(=O)Cn1cc(Br)ccc1=O. The number of carbonyl (C=O) groups is 2. The predicted molar refractivity (Wildman–Crippen MR) is 63.7 cm³/mol. The third-order valence-electron chi connectivity index (χ3n) is 1.92. The molecule has 1 aromatic heterocycles. The molecule has 6 nitrogen and oxygen atoms in total. The number of pyridine rings is 1. The zero-order valence-corrected chi connectivity index (χ0v) is 10.4. The van der Waals surface area contributed by atoms with E-state index < -0.39 is 11.9 Å². The van der Waals surface area contributed by atoms with E-state index in [4.69, 9.17) is 5.11 Å². The van der Waals surface area contributed by atoms with Crippen LogP contribution in [0.1, 0.15) is 6.42 Å². The number of carboxylic acid groups (broad SMARTS) is 1. The Kier molecular flexibility index (Phi) is 4.89. The van der Waals surface area contributed by atoms with Crippen molar-refractivity contribution >= 4 is 27.8 Å². The number of nitrogens with zero attached hydrogens (tertiary/aromatic N) is 1. The number of amides is 1. The Morgan fingerprint density at radius 1 is 1.41 bits per heavy atom. The van der Waals surface area contributed by atoms with Crippen LogP contribution in [0.4, 0.5) is 0 Å². The molecule has 0 spiro atoms. The third kappa shape index (κ3) is 4.81. The van der Waals surface area contributed by atoms with E-state index in [1.165, 1.54) is 16.8 Å². The first-order valence-corrected chi connectivity index (χ1v) is 5.63. The molecule has 1 rings (SSSR count). The normalized spacial score (nSPS) is 9.94. The second-order valence-corrected chi connectivity index (χ2v) is 4.22. The van der Waals surface area contributed by atoms with E-state index in [1.807, 2.05) is 0 Å². The standard InChI is InChI=1S/C10H11BrN2O4/c11-7-1-2-9(15)13(5-7)6-8(14)12-4-3-10(16)17/h1-2,5H,3-4,6H2,(H,12,14)(H,16,17). The molecule has 0 saturated heterocycles. The second kappa shape index (κ2) is 6.19. The van der Waals surface area contributed by atoms with Crippen LogP contribution >= 0.6 is 15.9 Å². The average molecular weight is 303 g/mol. The minimum Gasteiger partial charge on any atom is -0.481 e. The Morgan fingerprint density at radius 2 is 2.12 bits per heavy atom. The lowest BCUT2D eigenvalue weighted by Gasteiger charge is -2.06. The summed E-state index contributed by atoms with van der Waals surface area (Å²) in [5.74, 6) is -1.38. The van der Waals surface area contributed by atoms with Crippen LogP contribution < -0.4 is 10.9 Å². The van der Waals surface area contributed by atoms with Gasteiger partial charge in [0.15, 0.2) is 0 Å². The smallest absolute Gasteiger partial charge is 0.305 e. The number of aliphatic carboxylic acids is 1. The van der Waals surface area contributed by atoms with E-state index >= 15 is 0 Å². The number of carbonyl (C=O) groups excluding carboxylic acids is 1. The van der Waals surface area contributed by atoms with E-state index in [9.17, 15) is 14.4 Å². The largest absolute Gasteiger partial charge is 0.481 e. The fraction of sp³-hybridized carbons (Fsp3) is 0.300. The summed E-state index contributed by atoms with van der Waals surface area (Å²) in [5.41, 5.74) is -0.290. The molecule has 2 N–H and O–H groups in total. The fourth-order valence-corrected chi connectivity index (χ4v) is 1.52. The van der Waals surface area contributed by atoms with Crippen LogP contribution in [-0.4, -0.2) is 28.1 Å². The number of aromatic nitrogens is 1.